The summed E-state index contributed by atoms with van der Waals surface area (Å²) >= 11 is 0. The van der Waals surface area contributed by atoms with Crippen LogP contribution in [0.3, 0.4) is 0 Å². The molecular formula is C30H44O3. The summed E-state index contributed by atoms with van der Waals surface area (Å²) in [6.07, 6.45) is 12.3. The summed E-state index contributed by atoms with van der Waals surface area (Å²) in [4.78, 5) is 25.7. The topological polar surface area (TPSA) is 43.4 Å². The van der Waals surface area contributed by atoms with Gasteiger partial charge in [-0.1, -0.05) is 53.2 Å². The zero-order valence-electron chi connectivity index (χ0n) is 22.0. The van der Waals surface area contributed by atoms with E-state index in [0.29, 0.717) is 23.5 Å². The number of carbonyl (C=O) groups is 2. The predicted molar refractivity (Wildman–Crippen MR) is 129 cm³/mol. The number of hydrogen-bond acceptors (Lipinski definition) is 3. The lowest BCUT2D eigenvalue weighted by Gasteiger charge is -2.70. The first-order chi connectivity index (χ1) is 15.2. The lowest BCUT2D eigenvalue weighted by atomic mass is 9.33. The molecular weight excluding hydrogens is 408 g/mol. The van der Waals surface area contributed by atoms with Crippen LogP contribution in [0.5, 0.6) is 0 Å². The van der Waals surface area contributed by atoms with Crippen molar-refractivity contribution in [2.24, 2.45) is 50.2 Å². The second-order valence-corrected chi connectivity index (χ2v) is 14.9. The van der Waals surface area contributed by atoms with E-state index in [1.54, 1.807) is 5.57 Å². The monoisotopic (exact) mass is 452 g/mol. The highest BCUT2D eigenvalue weighted by atomic mass is 16.6. The van der Waals surface area contributed by atoms with Crippen LogP contribution in [0, 0.1) is 50.2 Å². The van der Waals surface area contributed by atoms with Crippen LogP contribution in [0.25, 0.3) is 0 Å². The van der Waals surface area contributed by atoms with Gasteiger partial charge >= 0.3 is 5.97 Å². The summed E-state index contributed by atoms with van der Waals surface area (Å²) in [5.74, 6) is 2.11. The van der Waals surface area contributed by atoms with Gasteiger partial charge in [0.1, 0.15) is 11.9 Å². The second-order valence-electron chi connectivity index (χ2n) is 14.9. The fraction of sp³-hybridized carbons (Fsp3) is 0.867. The Morgan fingerprint density at radius 1 is 0.848 bits per heavy atom. The average molecular weight is 453 g/mol. The van der Waals surface area contributed by atoms with Gasteiger partial charge in [0.2, 0.25) is 0 Å². The molecule has 0 aromatic heterocycles. The Balaban J connectivity index is 1.44. The van der Waals surface area contributed by atoms with Crippen molar-refractivity contribution in [3.05, 3.63) is 11.6 Å². The standard InChI is InChI=1S/C30H44O3/c1-25(2)20-10-13-30(7)21(28(20,5)12-11-22(25)31)9-8-18-19-16-26(3)17-23(33-24(26)32)27(19,4)14-15-29(18,30)6/h8,19-21,23H,9-17H2,1-7H3/t19-,20-,21-,23-,26-,27+,28-,29+,30+/m0/s1. The minimum atomic E-state index is -0.302. The van der Waals surface area contributed by atoms with Gasteiger partial charge in [0.25, 0.3) is 0 Å². The maximum atomic E-state index is 12.9. The first kappa shape index (κ1) is 22.4. The Labute approximate surface area is 200 Å². The highest BCUT2D eigenvalue weighted by Gasteiger charge is 2.70. The van der Waals surface area contributed by atoms with Gasteiger partial charge in [0.05, 0.1) is 5.41 Å². The molecule has 1 heterocycles. The van der Waals surface area contributed by atoms with E-state index in [0.717, 1.165) is 38.5 Å². The largest absolute Gasteiger partial charge is 0.461 e. The number of hydrogen-bond donors (Lipinski definition) is 0. The van der Waals surface area contributed by atoms with Crippen molar-refractivity contribution in [3.8, 4) is 0 Å². The Bertz CT molecular complexity index is 977. The quantitative estimate of drug-likeness (QED) is 0.297. The molecule has 0 spiro atoms. The molecule has 5 fully saturated rings. The maximum absolute atomic E-state index is 12.9. The molecule has 4 saturated carbocycles. The van der Waals surface area contributed by atoms with Crippen molar-refractivity contribution >= 4 is 11.8 Å². The number of Topliss-reactive ketones (excluding diaryl/α,β-unsaturated/α-hetero) is 1. The summed E-state index contributed by atoms with van der Waals surface area (Å²) in [6, 6.07) is 0. The van der Waals surface area contributed by atoms with E-state index in [1.165, 1.54) is 19.3 Å². The van der Waals surface area contributed by atoms with E-state index >= 15 is 0 Å². The lowest BCUT2D eigenvalue weighted by molar-refractivity contribution is -0.186. The van der Waals surface area contributed by atoms with E-state index in [-0.39, 0.29) is 44.6 Å². The zero-order chi connectivity index (χ0) is 23.8. The van der Waals surface area contributed by atoms with Crippen molar-refractivity contribution in [1.29, 1.82) is 0 Å². The number of fused-ring (bicyclic) bond motifs is 10. The normalized spacial score (nSPS) is 56.6. The van der Waals surface area contributed by atoms with Gasteiger partial charge < -0.3 is 4.74 Å². The number of ketones is 1. The molecule has 3 heteroatoms. The van der Waals surface area contributed by atoms with Gasteiger partial charge in [-0.2, -0.15) is 0 Å². The smallest absolute Gasteiger partial charge is 0.312 e. The van der Waals surface area contributed by atoms with Crippen LogP contribution in [0.4, 0.5) is 0 Å². The SMILES string of the molecule is CC1(C)C(=O)CC[C@@]2(C)[C@H]1CC[C@]1(C)[C@H]2CC=C2[C@@H]3C[C@@]4(C)C[C@H](OC4=O)[C@]3(C)CC[C@]21C. The van der Waals surface area contributed by atoms with E-state index in [9.17, 15) is 9.59 Å². The lowest BCUT2D eigenvalue weighted by Crippen LogP contribution is -2.64. The fourth-order valence-electron chi connectivity index (χ4n) is 10.9. The first-order valence-electron chi connectivity index (χ1n) is 13.7. The molecule has 0 N–H and O–H groups in total. The second kappa shape index (κ2) is 6.16. The van der Waals surface area contributed by atoms with Gasteiger partial charge in [-0.25, -0.2) is 0 Å². The van der Waals surface area contributed by atoms with Crippen molar-refractivity contribution in [3.63, 3.8) is 0 Å². The molecule has 1 aliphatic heterocycles. The van der Waals surface area contributed by atoms with Crippen LogP contribution in [0.2, 0.25) is 0 Å². The van der Waals surface area contributed by atoms with Gasteiger partial charge in [0, 0.05) is 23.7 Å². The molecule has 0 radical (unpaired) electrons. The number of allylic oxidation sites excluding steroid dienone is 2. The van der Waals surface area contributed by atoms with Crippen LogP contribution >= 0.6 is 0 Å². The summed E-state index contributed by atoms with van der Waals surface area (Å²) in [6.45, 7) is 16.8. The van der Waals surface area contributed by atoms with Crippen LogP contribution < -0.4 is 0 Å². The van der Waals surface area contributed by atoms with E-state index < -0.39 is 0 Å². The molecule has 0 aromatic rings. The van der Waals surface area contributed by atoms with Gasteiger partial charge in [-0.05, 0) is 85.9 Å². The third-order valence-electron chi connectivity index (χ3n) is 13.4. The molecule has 182 valence electrons. The molecule has 5 aliphatic carbocycles. The predicted octanol–water partition coefficient (Wildman–Crippen LogP) is 6.89. The number of ether oxygens (including phenoxy) is 1. The third-order valence-corrected chi connectivity index (χ3v) is 13.4. The Morgan fingerprint density at radius 2 is 1.58 bits per heavy atom. The number of carbonyl (C=O) groups excluding carboxylic acids is 2. The van der Waals surface area contributed by atoms with Gasteiger partial charge in [-0.3, -0.25) is 9.59 Å². The third kappa shape index (κ3) is 2.39. The molecule has 33 heavy (non-hydrogen) atoms. The summed E-state index contributed by atoms with van der Waals surface area (Å²) in [7, 11) is 0. The minimum absolute atomic E-state index is 0.0486. The van der Waals surface area contributed by atoms with Crippen LogP contribution in [-0.4, -0.2) is 17.9 Å². The van der Waals surface area contributed by atoms with E-state index in [1.807, 2.05) is 0 Å². The van der Waals surface area contributed by atoms with E-state index in [2.05, 4.69) is 54.5 Å². The van der Waals surface area contributed by atoms with Crippen molar-refractivity contribution in [2.45, 2.75) is 112 Å². The minimum Gasteiger partial charge on any atom is -0.461 e. The van der Waals surface area contributed by atoms with Crippen molar-refractivity contribution in [2.75, 3.05) is 0 Å². The molecule has 2 bridgehead atoms. The molecule has 0 aromatic carbocycles. The maximum Gasteiger partial charge on any atom is 0.312 e. The summed E-state index contributed by atoms with van der Waals surface area (Å²) < 4.78 is 6.03. The number of esters is 1. The van der Waals surface area contributed by atoms with Gasteiger partial charge in [-0.15, -0.1) is 0 Å². The fourth-order valence-corrected chi connectivity index (χ4v) is 10.9. The summed E-state index contributed by atoms with van der Waals surface area (Å²) in [5, 5.41) is 0. The Morgan fingerprint density at radius 3 is 2.30 bits per heavy atom. The molecule has 0 amide bonds. The summed E-state index contributed by atoms with van der Waals surface area (Å²) in [5.41, 5.74) is 1.91. The van der Waals surface area contributed by atoms with Crippen LogP contribution in [0.1, 0.15) is 106 Å². The highest BCUT2D eigenvalue weighted by Crippen LogP contribution is 2.76. The first-order valence-corrected chi connectivity index (χ1v) is 13.7. The molecule has 9 atom stereocenters. The van der Waals surface area contributed by atoms with E-state index in [4.69, 9.17) is 4.74 Å². The zero-order valence-corrected chi connectivity index (χ0v) is 22.0. The highest BCUT2D eigenvalue weighted by molar-refractivity contribution is 5.85. The molecule has 6 aliphatic rings. The van der Waals surface area contributed by atoms with Crippen molar-refractivity contribution < 1.29 is 14.3 Å². The average Bonchev–Trinajstić information content (AvgIpc) is 3.00. The Kier molecular flexibility index (Phi) is 4.17. The number of rotatable bonds is 0. The van der Waals surface area contributed by atoms with Crippen LogP contribution in [-0.2, 0) is 14.3 Å². The Hall–Kier alpha value is -1.12. The molecule has 1 saturated heterocycles. The van der Waals surface area contributed by atoms with Crippen molar-refractivity contribution in [1.82, 2.24) is 0 Å². The van der Waals surface area contributed by atoms with Crippen LogP contribution in [0.15, 0.2) is 11.6 Å². The molecule has 6 rings (SSSR count). The molecule has 0 unspecified atom stereocenters. The van der Waals surface area contributed by atoms with Gasteiger partial charge in [0.15, 0.2) is 0 Å². The molecule has 3 nitrogen and oxygen atoms in total.